The number of hydrogen-bond acceptors (Lipinski definition) is 6. The van der Waals surface area contributed by atoms with Crippen LogP contribution in [-0.4, -0.2) is 28.6 Å². The molecule has 0 radical (unpaired) electrons. The van der Waals surface area contributed by atoms with E-state index >= 15 is 0 Å². The van der Waals surface area contributed by atoms with E-state index in [4.69, 9.17) is 9.26 Å². The van der Waals surface area contributed by atoms with E-state index in [0.717, 1.165) is 10.9 Å². The van der Waals surface area contributed by atoms with Crippen LogP contribution in [0.2, 0.25) is 0 Å². The molecule has 1 N–H and O–H groups in total. The maximum atomic E-state index is 13.1. The molecule has 164 valence electrons. The minimum Gasteiger partial charge on any atom is -0.507 e. The van der Waals surface area contributed by atoms with E-state index in [-0.39, 0.29) is 17.2 Å². The highest BCUT2D eigenvalue weighted by Crippen LogP contribution is 2.42. The van der Waals surface area contributed by atoms with Crippen LogP contribution in [0.4, 0.5) is 5.82 Å². The number of aromatic nitrogens is 1. The van der Waals surface area contributed by atoms with E-state index < -0.39 is 17.7 Å². The third kappa shape index (κ3) is 4.05. The fourth-order valence-corrected chi connectivity index (χ4v) is 3.87. The lowest BCUT2D eigenvalue weighted by Crippen LogP contribution is -2.29. The first-order valence-corrected chi connectivity index (χ1v) is 10.9. The minimum atomic E-state index is -0.895. The quantitative estimate of drug-likeness (QED) is 0.287. The number of carbonyl (C=O) groups is 2. The van der Waals surface area contributed by atoms with Crippen LogP contribution in [-0.2, 0) is 9.59 Å². The highest BCUT2D eigenvalue weighted by Gasteiger charge is 2.48. The molecule has 2 aromatic carbocycles. The van der Waals surface area contributed by atoms with E-state index in [2.05, 4.69) is 21.1 Å². The molecule has 8 heteroatoms. The number of nitrogens with zero attached hydrogens (tertiary/aromatic N) is 2. The van der Waals surface area contributed by atoms with E-state index in [0.29, 0.717) is 29.2 Å². The van der Waals surface area contributed by atoms with Crippen molar-refractivity contribution in [1.82, 2.24) is 5.16 Å². The first kappa shape index (κ1) is 21.8. The molecule has 7 nitrogen and oxygen atoms in total. The number of ketones is 1. The molecule has 1 aromatic heterocycles. The van der Waals surface area contributed by atoms with Gasteiger partial charge in [-0.15, -0.1) is 0 Å². The number of anilines is 1. The Morgan fingerprint density at radius 2 is 1.94 bits per heavy atom. The van der Waals surface area contributed by atoms with Crippen molar-refractivity contribution in [1.29, 1.82) is 0 Å². The largest absolute Gasteiger partial charge is 0.507 e. The molecule has 1 amide bonds. The minimum absolute atomic E-state index is 0.0226. The third-order valence-corrected chi connectivity index (χ3v) is 5.60. The number of halogens is 1. The predicted molar refractivity (Wildman–Crippen MR) is 122 cm³/mol. The van der Waals surface area contributed by atoms with Crippen molar-refractivity contribution in [3.8, 4) is 5.75 Å². The Hall–Kier alpha value is -3.39. The van der Waals surface area contributed by atoms with E-state index in [1.165, 1.54) is 4.90 Å². The van der Waals surface area contributed by atoms with Crippen LogP contribution in [0.15, 0.2) is 69.2 Å². The molecule has 1 atom stereocenters. The summed E-state index contributed by atoms with van der Waals surface area (Å²) in [5, 5.41) is 15.0. The lowest BCUT2D eigenvalue weighted by atomic mass is 9.95. The van der Waals surface area contributed by atoms with Crippen molar-refractivity contribution in [2.75, 3.05) is 11.5 Å². The molecule has 2 heterocycles. The highest BCUT2D eigenvalue weighted by molar-refractivity contribution is 9.10. The Balaban J connectivity index is 1.90. The molecule has 1 saturated heterocycles. The topological polar surface area (TPSA) is 92.9 Å². The fraction of sp³-hybridized carbons (Fsp3) is 0.208. The summed E-state index contributed by atoms with van der Waals surface area (Å²) in [6.07, 6.45) is 0.838. The number of carbonyl (C=O) groups excluding carboxylic acids is 2. The van der Waals surface area contributed by atoms with Gasteiger partial charge in [0.25, 0.3) is 5.78 Å². The second kappa shape index (κ2) is 9.00. The van der Waals surface area contributed by atoms with Gasteiger partial charge >= 0.3 is 5.91 Å². The molecule has 4 rings (SSSR count). The standard InChI is InChI=1S/C24H21BrN2O5/c1-3-11-31-18-6-4-5-16(13-18)21-20(22(28)15-7-9-17(25)10-8-15)23(29)24(30)27(21)19-12-14(2)32-26-19/h4-10,12-13,21,28H,3,11H2,1-2H3/t21-/m1/s1. The number of aliphatic hydroxyl groups is 1. The number of Topliss-reactive ketones (excluding diaryl/α,β-unsaturated/α-hetero) is 1. The van der Waals surface area contributed by atoms with Crippen LogP contribution in [0, 0.1) is 6.92 Å². The second-order valence-corrected chi connectivity index (χ2v) is 8.31. The summed E-state index contributed by atoms with van der Waals surface area (Å²) in [6, 6.07) is 14.7. The first-order chi connectivity index (χ1) is 15.4. The van der Waals surface area contributed by atoms with Gasteiger partial charge in [-0.1, -0.05) is 52.3 Å². The normalized spacial score (nSPS) is 17.7. The van der Waals surface area contributed by atoms with Gasteiger partial charge in [-0.05, 0) is 43.2 Å². The zero-order valence-corrected chi connectivity index (χ0v) is 19.1. The van der Waals surface area contributed by atoms with Gasteiger partial charge in [0.1, 0.15) is 17.3 Å². The van der Waals surface area contributed by atoms with E-state index in [1.807, 2.05) is 6.92 Å². The highest BCUT2D eigenvalue weighted by atomic mass is 79.9. The van der Waals surface area contributed by atoms with Crippen LogP contribution in [0.25, 0.3) is 5.76 Å². The maximum absolute atomic E-state index is 13.1. The van der Waals surface area contributed by atoms with Gasteiger partial charge in [-0.25, -0.2) is 0 Å². The fourth-order valence-electron chi connectivity index (χ4n) is 3.61. The number of rotatable bonds is 6. The average molecular weight is 497 g/mol. The summed E-state index contributed by atoms with van der Waals surface area (Å²) in [4.78, 5) is 27.4. The second-order valence-electron chi connectivity index (χ2n) is 7.39. The van der Waals surface area contributed by atoms with Crippen molar-refractivity contribution in [2.24, 2.45) is 0 Å². The van der Waals surface area contributed by atoms with Gasteiger partial charge in [0.05, 0.1) is 18.2 Å². The summed E-state index contributed by atoms with van der Waals surface area (Å²) in [5.41, 5.74) is 1.01. The van der Waals surface area contributed by atoms with E-state index in [1.54, 1.807) is 61.5 Å². The lowest BCUT2D eigenvalue weighted by Gasteiger charge is -2.23. The molecule has 0 bridgehead atoms. The smallest absolute Gasteiger partial charge is 0.301 e. The molecule has 1 aliphatic rings. The molecule has 0 spiro atoms. The average Bonchev–Trinajstić information content (AvgIpc) is 3.33. The van der Waals surface area contributed by atoms with Gasteiger partial charge in [0.2, 0.25) is 0 Å². The van der Waals surface area contributed by atoms with Crippen LogP contribution in [0.5, 0.6) is 5.75 Å². The van der Waals surface area contributed by atoms with Crippen molar-refractivity contribution >= 4 is 39.2 Å². The van der Waals surface area contributed by atoms with Gasteiger partial charge in [0.15, 0.2) is 5.82 Å². The molecule has 1 aliphatic heterocycles. The van der Waals surface area contributed by atoms with Gasteiger partial charge < -0.3 is 14.4 Å². The van der Waals surface area contributed by atoms with Gasteiger partial charge in [0, 0.05) is 16.1 Å². The van der Waals surface area contributed by atoms with Crippen LogP contribution < -0.4 is 9.64 Å². The van der Waals surface area contributed by atoms with Crippen molar-refractivity contribution in [3.63, 3.8) is 0 Å². The number of aliphatic hydroxyl groups excluding tert-OH is 1. The molecule has 32 heavy (non-hydrogen) atoms. The lowest BCUT2D eigenvalue weighted by molar-refractivity contribution is -0.132. The van der Waals surface area contributed by atoms with Crippen LogP contribution >= 0.6 is 15.9 Å². The van der Waals surface area contributed by atoms with Crippen molar-refractivity contribution < 1.29 is 24.0 Å². The molecular formula is C24H21BrN2O5. The zero-order valence-electron chi connectivity index (χ0n) is 17.5. The Bertz CT molecular complexity index is 1200. The van der Waals surface area contributed by atoms with Crippen LogP contribution in [0.3, 0.4) is 0 Å². The maximum Gasteiger partial charge on any atom is 0.301 e. The molecular weight excluding hydrogens is 476 g/mol. The number of ether oxygens (including phenoxy) is 1. The summed E-state index contributed by atoms with van der Waals surface area (Å²) in [7, 11) is 0. The molecule has 1 fully saturated rings. The molecule has 0 unspecified atom stereocenters. The van der Waals surface area contributed by atoms with Crippen molar-refractivity contribution in [3.05, 3.63) is 81.5 Å². The van der Waals surface area contributed by atoms with E-state index in [9.17, 15) is 14.7 Å². The SMILES string of the molecule is CCCOc1cccc([C@@H]2C(=C(O)c3ccc(Br)cc3)C(=O)C(=O)N2c2cc(C)on2)c1. The number of aryl methyl sites for hydroxylation is 1. The molecule has 0 aliphatic carbocycles. The Morgan fingerprint density at radius 1 is 1.19 bits per heavy atom. The Morgan fingerprint density at radius 3 is 2.59 bits per heavy atom. The summed E-state index contributed by atoms with van der Waals surface area (Å²) in [6.45, 7) is 4.23. The van der Waals surface area contributed by atoms with Gasteiger partial charge in [-0.3, -0.25) is 14.5 Å². The summed E-state index contributed by atoms with van der Waals surface area (Å²) >= 11 is 3.36. The Labute approximate surface area is 193 Å². The number of hydrogen-bond donors (Lipinski definition) is 1. The monoisotopic (exact) mass is 496 g/mol. The molecule has 0 saturated carbocycles. The first-order valence-electron chi connectivity index (χ1n) is 10.1. The predicted octanol–water partition coefficient (Wildman–Crippen LogP) is 5.16. The summed E-state index contributed by atoms with van der Waals surface area (Å²) in [5.74, 6) is -0.547. The number of benzene rings is 2. The van der Waals surface area contributed by atoms with Crippen LogP contribution in [0.1, 0.15) is 36.3 Å². The van der Waals surface area contributed by atoms with Gasteiger partial charge in [-0.2, -0.15) is 0 Å². The number of amides is 1. The zero-order chi connectivity index (χ0) is 22.8. The Kier molecular flexibility index (Phi) is 6.14. The molecule has 3 aromatic rings. The summed E-state index contributed by atoms with van der Waals surface area (Å²) < 4.78 is 11.7. The van der Waals surface area contributed by atoms with Crippen molar-refractivity contribution in [2.45, 2.75) is 26.3 Å². The third-order valence-electron chi connectivity index (χ3n) is 5.07.